The van der Waals surface area contributed by atoms with Crippen molar-refractivity contribution < 1.29 is 9.90 Å². The van der Waals surface area contributed by atoms with Crippen LogP contribution in [0, 0.1) is 11.3 Å². The Bertz CT molecular complexity index is 914. The van der Waals surface area contributed by atoms with Crippen LogP contribution in [0.3, 0.4) is 0 Å². The average molecular weight is 386 g/mol. The van der Waals surface area contributed by atoms with Crippen LogP contribution < -0.4 is 16.0 Å². The number of nitriles is 1. The van der Waals surface area contributed by atoms with Crippen LogP contribution in [0.15, 0.2) is 84.9 Å². The van der Waals surface area contributed by atoms with Crippen LogP contribution in [0.5, 0.6) is 0 Å². The van der Waals surface area contributed by atoms with Gasteiger partial charge in [-0.15, -0.1) is 0 Å². The molecule has 0 aromatic heterocycles. The second-order valence-electron chi connectivity index (χ2n) is 6.46. The molecule has 146 valence electrons. The molecule has 0 aliphatic heterocycles. The van der Waals surface area contributed by atoms with Crippen molar-refractivity contribution in [2.24, 2.45) is 0 Å². The van der Waals surface area contributed by atoms with E-state index in [-0.39, 0.29) is 12.6 Å². The van der Waals surface area contributed by atoms with E-state index in [0.29, 0.717) is 5.56 Å². The first kappa shape index (κ1) is 20.1. The van der Waals surface area contributed by atoms with E-state index in [1.54, 1.807) is 24.3 Å². The number of rotatable bonds is 9. The summed E-state index contributed by atoms with van der Waals surface area (Å²) in [6.45, 7) is -0.211. The Labute approximate surface area is 169 Å². The van der Waals surface area contributed by atoms with Gasteiger partial charge in [-0.25, -0.2) is 0 Å². The van der Waals surface area contributed by atoms with Gasteiger partial charge in [0.05, 0.1) is 24.2 Å². The minimum atomic E-state index is -0.950. The first-order valence-electron chi connectivity index (χ1n) is 9.23. The van der Waals surface area contributed by atoms with Crippen molar-refractivity contribution in [1.82, 2.24) is 10.6 Å². The van der Waals surface area contributed by atoms with Gasteiger partial charge in [-0.2, -0.15) is 5.26 Å². The largest absolute Gasteiger partial charge is 0.480 e. The molecular weight excluding hydrogens is 364 g/mol. The molecule has 0 amide bonds. The highest BCUT2D eigenvalue weighted by Crippen LogP contribution is 2.22. The van der Waals surface area contributed by atoms with Crippen molar-refractivity contribution >= 4 is 11.7 Å². The van der Waals surface area contributed by atoms with E-state index in [1.165, 1.54) is 0 Å². The van der Waals surface area contributed by atoms with Crippen LogP contribution in [0.1, 0.15) is 22.7 Å². The lowest BCUT2D eigenvalue weighted by Gasteiger charge is -2.28. The van der Waals surface area contributed by atoms with E-state index in [0.717, 1.165) is 16.8 Å². The van der Waals surface area contributed by atoms with Crippen LogP contribution >= 0.6 is 0 Å². The molecule has 3 rings (SSSR count). The number of aliphatic carboxylic acids is 1. The molecule has 6 heteroatoms. The van der Waals surface area contributed by atoms with Gasteiger partial charge in [0.15, 0.2) is 0 Å². The first-order valence-corrected chi connectivity index (χ1v) is 9.23. The third kappa shape index (κ3) is 5.91. The summed E-state index contributed by atoms with van der Waals surface area (Å²) in [6, 6.07) is 28.8. The van der Waals surface area contributed by atoms with Crippen LogP contribution in [-0.2, 0) is 4.79 Å². The molecule has 29 heavy (non-hydrogen) atoms. The Morgan fingerprint density at radius 1 is 0.897 bits per heavy atom. The molecule has 4 N–H and O–H groups in total. The van der Waals surface area contributed by atoms with E-state index in [1.807, 2.05) is 60.7 Å². The van der Waals surface area contributed by atoms with Gasteiger partial charge < -0.3 is 10.4 Å². The summed E-state index contributed by atoms with van der Waals surface area (Å²) >= 11 is 0. The fourth-order valence-electron chi connectivity index (χ4n) is 2.99. The topological polar surface area (TPSA) is 97.2 Å². The highest BCUT2D eigenvalue weighted by atomic mass is 16.4. The monoisotopic (exact) mass is 386 g/mol. The van der Waals surface area contributed by atoms with Crippen molar-refractivity contribution in [3.05, 3.63) is 102 Å². The average Bonchev–Trinajstić information content (AvgIpc) is 2.77. The van der Waals surface area contributed by atoms with Gasteiger partial charge in [-0.1, -0.05) is 60.7 Å². The summed E-state index contributed by atoms with van der Waals surface area (Å²) in [7, 11) is 0. The van der Waals surface area contributed by atoms with Crippen LogP contribution in [0.25, 0.3) is 0 Å². The van der Waals surface area contributed by atoms with Gasteiger partial charge in [-0.05, 0) is 35.4 Å². The molecule has 0 fully saturated rings. The minimum absolute atomic E-state index is 0.158. The lowest BCUT2D eigenvalue weighted by atomic mass is 9.99. The van der Waals surface area contributed by atoms with E-state index in [4.69, 9.17) is 10.4 Å². The van der Waals surface area contributed by atoms with E-state index in [2.05, 4.69) is 22.0 Å². The molecular formula is C23H22N4O2. The highest BCUT2D eigenvalue weighted by Gasteiger charge is 2.19. The van der Waals surface area contributed by atoms with Gasteiger partial charge in [-0.3, -0.25) is 15.4 Å². The molecule has 0 bridgehead atoms. The number of carboxylic acids is 1. The lowest BCUT2D eigenvalue weighted by Crippen LogP contribution is -2.51. The van der Waals surface area contributed by atoms with Gasteiger partial charge in [0.2, 0.25) is 0 Å². The Kier molecular flexibility index (Phi) is 6.95. The molecule has 0 radical (unpaired) electrons. The van der Waals surface area contributed by atoms with Crippen LogP contribution in [0.2, 0.25) is 0 Å². The van der Waals surface area contributed by atoms with Crippen molar-refractivity contribution in [2.75, 3.05) is 11.9 Å². The van der Waals surface area contributed by atoms with Crippen molar-refractivity contribution in [3.8, 4) is 6.07 Å². The van der Waals surface area contributed by atoms with E-state index < -0.39 is 12.3 Å². The van der Waals surface area contributed by atoms with E-state index in [9.17, 15) is 4.79 Å². The molecule has 0 saturated carbocycles. The molecule has 0 saturated heterocycles. The molecule has 0 heterocycles. The van der Waals surface area contributed by atoms with Gasteiger partial charge in [0, 0.05) is 5.69 Å². The molecule has 0 aliphatic carbocycles. The predicted octanol–water partition coefficient (Wildman–Crippen LogP) is 3.31. The van der Waals surface area contributed by atoms with Crippen molar-refractivity contribution in [3.63, 3.8) is 0 Å². The quantitative estimate of drug-likeness (QED) is 0.421. The number of hydrogen-bond acceptors (Lipinski definition) is 5. The zero-order valence-corrected chi connectivity index (χ0v) is 15.7. The third-order valence-electron chi connectivity index (χ3n) is 4.38. The number of nitrogens with zero attached hydrogens (tertiary/aromatic N) is 1. The summed E-state index contributed by atoms with van der Waals surface area (Å²) < 4.78 is 0. The Morgan fingerprint density at radius 2 is 1.45 bits per heavy atom. The minimum Gasteiger partial charge on any atom is -0.480 e. The van der Waals surface area contributed by atoms with E-state index >= 15 is 0 Å². The van der Waals surface area contributed by atoms with Gasteiger partial charge >= 0.3 is 5.97 Å². The molecule has 0 spiro atoms. The third-order valence-corrected chi connectivity index (χ3v) is 4.38. The number of benzene rings is 3. The molecule has 3 aromatic rings. The van der Waals surface area contributed by atoms with Gasteiger partial charge in [0.1, 0.15) is 6.29 Å². The Morgan fingerprint density at radius 3 is 1.93 bits per heavy atom. The Hall–Kier alpha value is -3.66. The maximum atomic E-state index is 11.1. The van der Waals surface area contributed by atoms with Crippen LogP contribution in [0.4, 0.5) is 5.69 Å². The number of carbonyl (C=O) groups is 1. The number of carboxylic acid groups (broad SMARTS) is 1. The first-order chi connectivity index (χ1) is 14.2. The zero-order valence-electron chi connectivity index (χ0n) is 15.7. The predicted molar refractivity (Wildman–Crippen MR) is 112 cm³/mol. The zero-order chi connectivity index (χ0) is 20.5. The van der Waals surface area contributed by atoms with Crippen molar-refractivity contribution in [2.45, 2.75) is 12.3 Å². The second kappa shape index (κ2) is 10.0. The fourth-order valence-corrected chi connectivity index (χ4v) is 2.99. The summed E-state index contributed by atoms with van der Waals surface area (Å²) in [5.74, 6) is -0.950. The molecule has 1 atom stereocenters. The number of hydrogen-bond donors (Lipinski definition) is 4. The SMILES string of the molecule is N#Cc1ccc(N[C@@H](NCC(=O)O)NC(c2ccccc2)c2ccccc2)cc1. The molecule has 0 unspecified atom stereocenters. The number of anilines is 1. The smallest absolute Gasteiger partial charge is 0.317 e. The fraction of sp³-hybridized carbons (Fsp3) is 0.130. The van der Waals surface area contributed by atoms with Crippen molar-refractivity contribution in [1.29, 1.82) is 5.26 Å². The molecule has 6 nitrogen and oxygen atoms in total. The maximum absolute atomic E-state index is 11.1. The summed E-state index contributed by atoms with van der Waals surface area (Å²) in [5, 5.41) is 27.8. The molecule has 0 aliphatic rings. The highest BCUT2D eigenvalue weighted by molar-refractivity contribution is 5.69. The maximum Gasteiger partial charge on any atom is 0.317 e. The Balaban J connectivity index is 1.85. The standard InChI is InChI=1S/C23H22N4O2/c24-15-17-11-13-20(14-12-17)26-23(25-16-21(28)29)27-22(18-7-3-1-4-8-18)19-9-5-2-6-10-19/h1-14,22-23,25-27H,16H2,(H,28,29)/t23-/m1/s1. The second-order valence-corrected chi connectivity index (χ2v) is 6.46. The summed E-state index contributed by atoms with van der Waals surface area (Å²) in [6.07, 6.45) is -0.524. The number of nitrogens with one attached hydrogen (secondary N) is 3. The van der Waals surface area contributed by atoms with Crippen LogP contribution in [-0.4, -0.2) is 23.9 Å². The molecule has 3 aromatic carbocycles. The summed E-state index contributed by atoms with van der Waals surface area (Å²) in [4.78, 5) is 11.1. The summed E-state index contributed by atoms with van der Waals surface area (Å²) in [5.41, 5.74) is 3.44. The van der Waals surface area contributed by atoms with Gasteiger partial charge in [0.25, 0.3) is 0 Å². The lowest BCUT2D eigenvalue weighted by molar-refractivity contribution is -0.136. The normalized spacial score (nSPS) is 11.6.